The molecule has 1 unspecified atom stereocenters. The maximum atomic E-state index is 11.3. The lowest BCUT2D eigenvalue weighted by Crippen LogP contribution is -2.43. The first-order valence-electron chi connectivity index (χ1n) is 6.43. The summed E-state index contributed by atoms with van der Waals surface area (Å²) >= 11 is 4.93. The number of thiocarbonyl (C=S) groups is 1. The molecule has 108 valence electrons. The number of hydrogen-bond donors (Lipinski definition) is 1. The molecule has 0 spiro atoms. The second-order valence-corrected chi connectivity index (χ2v) is 5.07. The highest BCUT2D eigenvalue weighted by Gasteiger charge is 2.23. The van der Waals surface area contributed by atoms with Crippen molar-refractivity contribution in [3.63, 3.8) is 0 Å². The Morgan fingerprint density at radius 2 is 2.20 bits per heavy atom. The predicted molar refractivity (Wildman–Crippen MR) is 80.9 cm³/mol. The molecule has 2 rings (SSSR count). The Kier molecular flexibility index (Phi) is 4.92. The van der Waals surface area contributed by atoms with Crippen LogP contribution in [0.2, 0.25) is 0 Å². The van der Waals surface area contributed by atoms with Crippen LogP contribution in [0, 0.1) is 0 Å². The summed E-state index contributed by atoms with van der Waals surface area (Å²) in [5.74, 6) is -0.249. The van der Waals surface area contributed by atoms with Crippen LogP contribution in [0.4, 0.5) is 5.69 Å². The first-order chi connectivity index (χ1) is 9.60. The molecule has 2 N–H and O–H groups in total. The molecule has 0 aliphatic carbocycles. The lowest BCUT2D eigenvalue weighted by atomic mass is 10.1. The highest BCUT2D eigenvalue weighted by atomic mass is 32.1. The molecule has 6 heteroatoms. The van der Waals surface area contributed by atoms with Gasteiger partial charge in [0.1, 0.15) is 4.99 Å². The molecule has 0 bridgehead atoms. The monoisotopic (exact) mass is 294 g/mol. The van der Waals surface area contributed by atoms with Gasteiger partial charge in [0.25, 0.3) is 0 Å². The first-order valence-corrected chi connectivity index (χ1v) is 6.84. The Hall–Kier alpha value is -1.66. The number of nitrogens with two attached hydrogens (primary N) is 1. The summed E-state index contributed by atoms with van der Waals surface area (Å²) in [6, 6.07) is 7.77. The molecule has 1 aliphatic rings. The normalized spacial score (nSPS) is 18.6. The van der Waals surface area contributed by atoms with E-state index in [0.29, 0.717) is 18.1 Å². The van der Waals surface area contributed by atoms with Gasteiger partial charge < -0.3 is 20.1 Å². The van der Waals surface area contributed by atoms with Crippen LogP contribution in [0.1, 0.15) is 12.0 Å². The van der Waals surface area contributed by atoms with E-state index in [1.165, 1.54) is 7.11 Å². The first kappa shape index (κ1) is 14.7. The molecule has 1 aliphatic heterocycles. The van der Waals surface area contributed by atoms with E-state index in [4.69, 9.17) is 22.7 Å². The molecular weight excluding hydrogens is 276 g/mol. The van der Waals surface area contributed by atoms with E-state index >= 15 is 0 Å². The maximum Gasteiger partial charge on any atom is 0.308 e. The predicted octanol–water partition coefficient (Wildman–Crippen LogP) is 1.09. The Labute approximate surface area is 123 Å². The van der Waals surface area contributed by atoms with E-state index in [1.807, 2.05) is 24.3 Å². The third-order valence-corrected chi connectivity index (χ3v) is 3.51. The average molecular weight is 294 g/mol. The molecule has 0 saturated carbocycles. The van der Waals surface area contributed by atoms with Crippen molar-refractivity contribution in [1.82, 2.24) is 0 Å². The van der Waals surface area contributed by atoms with Gasteiger partial charge in [0.05, 0.1) is 26.2 Å². The van der Waals surface area contributed by atoms with Crippen LogP contribution in [0.5, 0.6) is 0 Å². The Bertz CT molecular complexity index is 490. The Balaban J connectivity index is 2.01. The second-order valence-electron chi connectivity index (χ2n) is 4.63. The third kappa shape index (κ3) is 3.68. The van der Waals surface area contributed by atoms with Gasteiger partial charge in [-0.1, -0.05) is 12.2 Å². The number of benzene rings is 1. The SMILES string of the molecule is COC(=O)CC1CN(c2ccc(C(N)=S)cc2)CCO1. The fraction of sp³-hybridized carbons (Fsp3) is 0.429. The van der Waals surface area contributed by atoms with Gasteiger partial charge in [-0.05, 0) is 24.3 Å². The number of hydrogen-bond acceptors (Lipinski definition) is 5. The molecule has 1 saturated heterocycles. The lowest BCUT2D eigenvalue weighted by Gasteiger charge is -2.34. The number of anilines is 1. The minimum atomic E-state index is -0.249. The largest absolute Gasteiger partial charge is 0.469 e. The molecule has 1 heterocycles. The van der Waals surface area contributed by atoms with E-state index in [9.17, 15) is 4.79 Å². The summed E-state index contributed by atoms with van der Waals surface area (Å²) < 4.78 is 10.3. The molecule has 1 fully saturated rings. The van der Waals surface area contributed by atoms with Crippen molar-refractivity contribution in [1.29, 1.82) is 0 Å². The summed E-state index contributed by atoms with van der Waals surface area (Å²) in [6.45, 7) is 2.06. The van der Waals surface area contributed by atoms with E-state index in [1.54, 1.807) is 0 Å². The van der Waals surface area contributed by atoms with Crippen molar-refractivity contribution in [2.24, 2.45) is 5.73 Å². The van der Waals surface area contributed by atoms with Gasteiger partial charge >= 0.3 is 5.97 Å². The van der Waals surface area contributed by atoms with Crippen LogP contribution < -0.4 is 10.6 Å². The van der Waals surface area contributed by atoms with Crippen molar-refractivity contribution >= 4 is 28.9 Å². The Morgan fingerprint density at radius 1 is 1.50 bits per heavy atom. The van der Waals surface area contributed by atoms with E-state index in [2.05, 4.69) is 9.64 Å². The minimum Gasteiger partial charge on any atom is -0.469 e. The van der Waals surface area contributed by atoms with E-state index < -0.39 is 0 Å². The molecule has 1 atom stereocenters. The van der Waals surface area contributed by atoms with Gasteiger partial charge in [0, 0.05) is 24.3 Å². The van der Waals surface area contributed by atoms with Crippen LogP contribution in [0.3, 0.4) is 0 Å². The summed E-state index contributed by atoms with van der Waals surface area (Å²) in [5.41, 5.74) is 7.50. The topological polar surface area (TPSA) is 64.8 Å². The summed E-state index contributed by atoms with van der Waals surface area (Å²) in [6.07, 6.45) is 0.143. The van der Waals surface area contributed by atoms with Crippen molar-refractivity contribution < 1.29 is 14.3 Å². The molecule has 0 radical (unpaired) electrons. The lowest BCUT2D eigenvalue weighted by molar-refractivity contribution is -0.144. The fourth-order valence-electron chi connectivity index (χ4n) is 2.18. The molecule has 1 aromatic carbocycles. The Morgan fingerprint density at radius 3 is 2.80 bits per heavy atom. The highest BCUT2D eigenvalue weighted by Crippen LogP contribution is 2.19. The molecular formula is C14H18N2O3S. The van der Waals surface area contributed by atoms with Crippen LogP contribution in [-0.2, 0) is 14.3 Å². The van der Waals surface area contributed by atoms with Gasteiger partial charge in [-0.3, -0.25) is 4.79 Å². The van der Waals surface area contributed by atoms with Gasteiger partial charge in [-0.15, -0.1) is 0 Å². The van der Waals surface area contributed by atoms with Crippen LogP contribution in [-0.4, -0.2) is 43.9 Å². The van der Waals surface area contributed by atoms with Gasteiger partial charge in [-0.25, -0.2) is 0 Å². The minimum absolute atomic E-state index is 0.133. The van der Waals surface area contributed by atoms with E-state index in [-0.39, 0.29) is 18.5 Å². The maximum absolute atomic E-state index is 11.3. The number of methoxy groups -OCH3 is 1. The van der Waals surface area contributed by atoms with Crippen LogP contribution in [0.25, 0.3) is 0 Å². The van der Waals surface area contributed by atoms with Crippen molar-refractivity contribution in [3.05, 3.63) is 29.8 Å². The van der Waals surface area contributed by atoms with Gasteiger partial charge in [-0.2, -0.15) is 0 Å². The number of rotatable bonds is 4. The van der Waals surface area contributed by atoms with Crippen molar-refractivity contribution in [2.45, 2.75) is 12.5 Å². The molecule has 0 amide bonds. The zero-order valence-electron chi connectivity index (χ0n) is 11.4. The van der Waals surface area contributed by atoms with Gasteiger partial charge in [0.2, 0.25) is 0 Å². The van der Waals surface area contributed by atoms with Crippen LogP contribution in [0.15, 0.2) is 24.3 Å². The fourth-order valence-corrected chi connectivity index (χ4v) is 2.32. The number of carbonyl (C=O) groups is 1. The summed E-state index contributed by atoms with van der Waals surface area (Å²) in [7, 11) is 1.39. The van der Waals surface area contributed by atoms with E-state index in [0.717, 1.165) is 17.8 Å². The molecule has 5 nitrogen and oxygen atoms in total. The zero-order chi connectivity index (χ0) is 14.5. The molecule has 0 aromatic heterocycles. The summed E-state index contributed by atoms with van der Waals surface area (Å²) in [4.78, 5) is 13.9. The highest BCUT2D eigenvalue weighted by molar-refractivity contribution is 7.80. The standard InChI is InChI=1S/C14H18N2O3S/c1-18-13(17)8-12-9-16(6-7-19-12)11-4-2-10(3-5-11)14(15)20/h2-5,12H,6-9H2,1H3,(H2,15,20). The zero-order valence-corrected chi connectivity index (χ0v) is 12.2. The number of carbonyl (C=O) groups excluding carboxylic acids is 1. The van der Waals surface area contributed by atoms with Crippen LogP contribution >= 0.6 is 12.2 Å². The molecule has 1 aromatic rings. The second kappa shape index (κ2) is 6.67. The number of nitrogens with zero attached hydrogens (tertiary/aromatic N) is 1. The number of morpholine rings is 1. The average Bonchev–Trinajstić information content (AvgIpc) is 2.47. The summed E-state index contributed by atoms with van der Waals surface area (Å²) in [5, 5.41) is 0. The smallest absolute Gasteiger partial charge is 0.308 e. The van der Waals surface area contributed by atoms with Crippen molar-refractivity contribution in [3.8, 4) is 0 Å². The number of ether oxygens (including phenoxy) is 2. The number of esters is 1. The van der Waals surface area contributed by atoms with Crippen molar-refractivity contribution in [2.75, 3.05) is 31.7 Å². The van der Waals surface area contributed by atoms with Gasteiger partial charge in [0.15, 0.2) is 0 Å². The third-order valence-electron chi connectivity index (χ3n) is 3.28. The quantitative estimate of drug-likeness (QED) is 0.662. The molecule has 20 heavy (non-hydrogen) atoms.